The minimum absolute atomic E-state index is 0.553. The quantitative estimate of drug-likeness (QED) is 0.584. The molecule has 0 aromatic rings. The van der Waals surface area contributed by atoms with Crippen molar-refractivity contribution in [1.82, 2.24) is 0 Å². The fourth-order valence-corrected chi connectivity index (χ4v) is 5.42. The Bertz CT molecular complexity index is 258. The van der Waals surface area contributed by atoms with Crippen molar-refractivity contribution in [2.45, 2.75) is 61.3 Å². The summed E-state index contributed by atoms with van der Waals surface area (Å²) < 4.78 is 0. The van der Waals surface area contributed by atoms with E-state index in [0.717, 1.165) is 17.8 Å². The maximum Gasteiger partial charge on any atom is -0.0190 e. The van der Waals surface area contributed by atoms with Gasteiger partial charge in [0, 0.05) is 0 Å². The molecule has 4 unspecified atom stereocenters. The first kappa shape index (κ1) is 11.5. The van der Waals surface area contributed by atoms with E-state index in [4.69, 9.17) is 0 Å². The number of rotatable bonds is 1. The van der Waals surface area contributed by atoms with Gasteiger partial charge in [-0.15, -0.1) is 0 Å². The van der Waals surface area contributed by atoms with Crippen molar-refractivity contribution < 1.29 is 0 Å². The first-order valence-corrected chi connectivity index (χ1v) is 6.70. The molecule has 0 heterocycles. The van der Waals surface area contributed by atoms with E-state index in [0.29, 0.717) is 16.2 Å². The van der Waals surface area contributed by atoms with Crippen LogP contribution in [-0.4, -0.2) is 0 Å². The zero-order valence-electron chi connectivity index (χ0n) is 11.6. The second kappa shape index (κ2) is 2.81. The van der Waals surface area contributed by atoms with E-state index in [1.54, 1.807) is 0 Å². The SMILES string of the molecule is CC1CC(C)C2(C)CC1(C)C2(C)C(C)C. The third kappa shape index (κ3) is 0.953. The molecule has 0 nitrogen and oxygen atoms in total. The largest absolute Gasteiger partial charge is 0.0622 e. The zero-order chi connectivity index (χ0) is 11.6. The molecule has 0 heteroatoms. The van der Waals surface area contributed by atoms with E-state index in [2.05, 4.69) is 48.5 Å². The zero-order valence-corrected chi connectivity index (χ0v) is 11.6. The molecule has 0 saturated heterocycles. The molecule has 3 rings (SSSR count). The smallest absolute Gasteiger partial charge is 0.0190 e. The lowest BCUT2D eigenvalue weighted by atomic mass is 9.26. The van der Waals surface area contributed by atoms with Crippen LogP contribution < -0.4 is 0 Å². The standard InChI is InChI=1S/C15H28/c1-10(2)15(7)13(5)9-14(15,6)12(4)8-11(13)3/h10-12H,8-9H2,1-7H3. The highest BCUT2D eigenvalue weighted by Gasteiger charge is 2.73. The fourth-order valence-electron chi connectivity index (χ4n) is 5.42. The Morgan fingerprint density at radius 2 is 1.33 bits per heavy atom. The minimum atomic E-state index is 0.553. The van der Waals surface area contributed by atoms with E-state index >= 15 is 0 Å². The Balaban J connectivity index is 2.46. The van der Waals surface area contributed by atoms with Crippen LogP contribution in [0.2, 0.25) is 0 Å². The van der Waals surface area contributed by atoms with Gasteiger partial charge in [0.05, 0.1) is 0 Å². The Labute approximate surface area is 95.8 Å². The van der Waals surface area contributed by atoms with Crippen molar-refractivity contribution >= 4 is 0 Å². The molecule has 0 aromatic heterocycles. The molecule has 0 N–H and O–H groups in total. The van der Waals surface area contributed by atoms with Crippen LogP contribution in [0.25, 0.3) is 0 Å². The van der Waals surface area contributed by atoms with Gasteiger partial charge in [-0.05, 0) is 46.8 Å². The van der Waals surface area contributed by atoms with Gasteiger partial charge in [-0.2, -0.15) is 0 Å². The molecule has 4 atom stereocenters. The monoisotopic (exact) mass is 208 g/mol. The van der Waals surface area contributed by atoms with Crippen LogP contribution in [-0.2, 0) is 0 Å². The minimum Gasteiger partial charge on any atom is -0.0622 e. The molecule has 0 aliphatic heterocycles. The van der Waals surface area contributed by atoms with Crippen LogP contribution in [0.5, 0.6) is 0 Å². The number of hydrogen-bond donors (Lipinski definition) is 0. The highest BCUT2D eigenvalue weighted by atomic mass is 14.8. The summed E-state index contributed by atoms with van der Waals surface area (Å²) in [7, 11) is 0. The fraction of sp³-hybridized carbons (Fsp3) is 1.00. The van der Waals surface area contributed by atoms with Crippen LogP contribution >= 0.6 is 0 Å². The van der Waals surface area contributed by atoms with Gasteiger partial charge >= 0.3 is 0 Å². The molecule has 3 saturated carbocycles. The first-order chi connectivity index (χ1) is 6.70. The van der Waals surface area contributed by atoms with E-state index in [9.17, 15) is 0 Å². The summed E-state index contributed by atoms with van der Waals surface area (Å²) in [6.45, 7) is 17.5. The van der Waals surface area contributed by atoms with Crippen molar-refractivity contribution in [3.8, 4) is 0 Å². The summed E-state index contributed by atoms with van der Waals surface area (Å²) in [5.74, 6) is 2.62. The van der Waals surface area contributed by atoms with Gasteiger partial charge < -0.3 is 0 Å². The van der Waals surface area contributed by atoms with Crippen LogP contribution in [0.1, 0.15) is 61.3 Å². The number of fused-ring (bicyclic) bond motifs is 2. The van der Waals surface area contributed by atoms with Gasteiger partial charge in [-0.1, -0.05) is 48.5 Å². The molecule has 0 spiro atoms. The summed E-state index contributed by atoms with van der Waals surface area (Å²) in [5.41, 5.74) is 1.75. The van der Waals surface area contributed by atoms with Crippen LogP contribution in [0.3, 0.4) is 0 Å². The lowest BCUT2D eigenvalue weighted by molar-refractivity contribution is -0.299. The Morgan fingerprint density at radius 3 is 1.67 bits per heavy atom. The van der Waals surface area contributed by atoms with Crippen molar-refractivity contribution in [1.29, 1.82) is 0 Å². The molecule has 3 aliphatic rings. The van der Waals surface area contributed by atoms with Gasteiger partial charge in [0.25, 0.3) is 0 Å². The second-order valence-corrected chi connectivity index (χ2v) is 7.41. The van der Waals surface area contributed by atoms with Crippen LogP contribution in [0, 0.1) is 34.0 Å². The molecule has 0 amide bonds. The average Bonchev–Trinajstić information content (AvgIpc) is 2.12. The van der Waals surface area contributed by atoms with Gasteiger partial charge in [0.1, 0.15) is 0 Å². The Morgan fingerprint density at radius 1 is 0.933 bits per heavy atom. The summed E-state index contributed by atoms with van der Waals surface area (Å²) in [5, 5.41) is 0. The molecule has 3 fully saturated rings. The Kier molecular flexibility index (Phi) is 2.15. The summed E-state index contributed by atoms with van der Waals surface area (Å²) in [6.07, 6.45) is 2.90. The molecule has 15 heavy (non-hydrogen) atoms. The van der Waals surface area contributed by atoms with E-state index in [-0.39, 0.29) is 0 Å². The maximum atomic E-state index is 2.56. The first-order valence-electron chi connectivity index (χ1n) is 6.70. The van der Waals surface area contributed by atoms with Crippen molar-refractivity contribution in [2.24, 2.45) is 34.0 Å². The highest BCUT2D eigenvalue weighted by molar-refractivity contribution is 5.21. The molecule has 0 aromatic carbocycles. The highest BCUT2D eigenvalue weighted by Crippen LogP contribution is 2.79. The summed E-state index contributed by atoms with van der Waals surface area (Å²) in [4.78, 5) is 0. The van der Waals surface area contributed by atoms with Crippen LogP contribution in [0.4, 0.5) is 0 Å². The molecule has 2 bridgehead atoms. The molecule has 0 radical (unpaired) electrons. The van der Waals surface area contributed by atoms with Gasteiger partial charge in [-0.25, -0.2) is 0 Å². The third-order valence-corrected chi connectivity index (χ3v) is 7.14. The maximum absolute atomic E-state index is 2.56. The van der Waals surface area contributed by atoms with Gasteiger partial charge in [0.15, 0.2) is 0 Å². The summed E-state index contributed by atoms with van der Waals surface area (Å²) >= 11 is 0. The van der Waals surface area contributed by atoms with Crippen molar-refractivity contribution in [3.63, 3.8) is 0 Å². The van der Waals surface area contributed by atoms with E-state index in [1.165, 1.54) is 12.8 Å². The second-order valence-electron chi connectivity index (χ2n) is 7.41. The lowest BCUT2D eigenvalue weighted by Crippen LogP contribution is -2.71. The van der Waals surface area contributed by atoms with E-state index in [1.807, 2.05) is 0 Å². The predicted molar refractivity (Wildman–Crippen MR) is 66.7 cm³/mol. The normalized spacial score (nSPS) is 59.2. The molecular formula is C15H28. The lowest BCUT2D eigenvalue weighted by Gasteiger charge is -2.78. The Hall–Kier alpha value is 0. The van der Waals surface area contributed by atoms with Crippen molar-refractivity contribution in [2.75, 3.05) is 0 Å². The van der Waals surface area contributed by atoms with Gasteiger partial charge in [0.2, 0.25) is 0 Å². The van der Waals surface area contributed by atoms with E-state index < -0.39 is 0 Å². The molecule has 3 aliphatic carbocycles. The number of hydrogen-bond acceptors (Lipinski definition) is 0. The third-order valence-electron chi connectivity index (χ3n) is 7.14. The van der Waals surface area contributed by atoms with Crippen molar-refractivity contribution in [3.05, 3.63) is 0 Å². The molecular weight excluding hydrogens is 180 g/mol. The average molecular weight is 208 g/mol. The molecule has 88 valence electrons. The van der Waals surface area contributed by atoms with Crippen LogP contribution in [0.15, 0.2) is 0 Å². The van der Waals surface area contributed by atoms with Gasteiger partial charge in [-0.3, -0.25) is 0 Å². The topological polar surface area (TPSA) is 0 Å². The summed E-state index contributed by atoms with van der Waals surface area (Å²) in [6, 6.07) is 0. The predicted octanol–water partition coefficient (Wildman–Crippen LogP) is 4.74.